The van der Waals surface area contributed by atoms with E-state index in [1.165, 1.54) is 5.56 Å². The van der Waals surface area contributed by atoms with Gasteiger partial charge in [-0.15, -0.1) is 0 Å². The maximum absolute atomic E-state index is 12.5. The van der Waals surface area contributed by atoms with E-state index in [9.17, 15) is 9.59 Å². The third-order valence-electron chi connectivity index (χ3n) is 5.49. The summed E-state index contributed by atoms with van der Waals surface area (Å²) in [5, 5.41) is 3.06. The van der Waals surface area contributed by atoms with E-state index in [0.717, 1.165) is 44.3 Å². The molecule has 0 spiro atoms. The van der Waals surface area contributed by atoms with Gasteiger partial charge in [0.25, 0.3) is 0 Å². The third-order valence-corrected chi connectivity index (χ3v) is 5.49. The average molecular weight is 394 g/mol. The van der Waals surface area contributed by atoms with Crippen molar-refractivity contribution in [2.75, 3.05) is 19.6 Å². The minimum absolute atomic E-state index is 0.0831. The highest BCUT2D eigenvalue weighted by Crippen LogP contribution is 2.18. The van der Waals surface area contributed by atoms with Crippen LogP contribution in [0.5, 0.6) is 0 Å². The fourth-order valence-corrected chi connectivity index (χ4v) is 3.80. The smallest absolute Gasteiger partial charge is 0.224 e. The molecule has 29 heavy (non-hydrogen) atoms. The molecule has 0 bridgehead atoms. The number of pyridine rings is 1. The van der Waals surface area contributed by atoms with Crippen LogP contribution in [0, 0.1) is 5.92 Å². The number of nitrogens with zero attached hydrogens (tertiary/aromatic N) is 2. The lowest BCUT2D eigenvalue weighted by molar-refractivity contribution is -0.138. The van der Waals surface area contributed by atoms with E-state index in [4.69, 9.17) is 0 Å². The zero-order chi connectivity index (χ0) is 20.3. The Kier molecular flexibility index (Phi) is 8.23. The summed E-state index contributed by atoms with van der Waals surface area (Å²) in [5.74, 6) is 0.182. The molecule has 0 radical (unpaired) electrons. The van der Waals surface area contributed by atoms with Crippen LogP contribution < -0.4 is 5.32 Å². The fourth-order valence-electron chi connectivity index (χ4n) is 3.80. The molecule has 0 aliphatic carbocycles. The van der Waals surface area contributed by atoms with Crippen LogP contribution in [-0.2, 0) is 22.4 Å². The molecule has 1 fully saturated rings. The molecule has 1 aliphatic rings. The third kappa shape index (κ3) is 7.00. The second kappa shape index (κ2) is 11.3. The van der Waals surface area contributed by atoms with Gasteiger partial charge in [-0.05, 0) is 56.2 Å². The molecule has 154 valence electrons. The van der Waals surface area contributed by atoms with Crippen molar-refractivity contribution in [1.29, 1.82) is 0 Å². The predicted octanol–water partition coefficient (Wildman–Crippen LogP) is 3.39. The van der Waals surface area contributed by atoms with Gasteiger partial charge in [0.2, 0.25) is 11.8 Å². The van der Waals surface area contributed by atoms with E-state index in [0.29, 0.717) is 25.9 Å². The van der Waals surface area contributed by atoms with Crippen molar-refractivity contribution in [3.63, 3.8) is 0 Å². The molecular weight excluding hydrogens is 362 g/mol. The van der Waals surface area contributed by atoms with Gasteiger partial charge in [-0.2, -0.15) is 0 Å². The number of aromatic nitrogens is 1. The molecule has 1 atom stereocenters. The van der Waals surface area contributed by atoms with Crippen LogP contribution in [0.25, 0.3) is 0 Å². The number of unbranched alkanes of at least 4 members (excludes halogenated alkanes) is 1. The Labute approximate surface area is 173 Å². The second-order valence-electron chi connectivity index (χ2n) is 7.73. The first-order valence-electron chi connectivity index (χ1n) is 10.7. The number of nitrogens with one attached hydrogen (secondary N) is 1. The van der Waals surface area contributed by atoms with Crippen molar-refractivity contribution in [2.24, 2.45) is 5.92 Å². The first kappa shape index (κ1) is 21.0. The summed E-state index contributed by atoms with van der Waals surface area (Å²) in [4.78, 5) is 30.9. The molecule has 2 amide bonds. The van der Waals surface area contributed by atoms with Crippen LogP contribution in [0.2, 0.25) is 0 Å². The maximum Gasteiger partial charge on any atom is 0.224 e. The predicted molar refractivity (Wildman–Crippen MR) is 114 cm³/mol. The number of carbonyl (C=O) groups is 2. The molecule has 2 aromatic rings. The molecule has 1 aromatic heterocycles. The van der Waals surface area contributed by atoms with Crippen LogP contribution >= 0.6 is 0 Å². The van der Waals surface area contributed by atoms with Gasteiger partial charge in [0.15, 0.2) is 0 Å². The van der Waals surface area contributed by atoms with Crippen LogP contribution in [0.4, 0.5) is 0 Å². The maximum atomic E-state index is 12.5. The summed E-state index contributed by atoms with van der Waals surface area (Å²) >= 11 is 0. The number of likely N-dealkylation sites (tertiary alicyclic amines) is 1. The van der Waals surface area contributed by atoms with Crippen molar-refractivity contribution in [1.82, 2.24) is 15.2 Å². The molecule has 5 nitrogen and oxygen atoms in total. The van der Waals surface area contributed by atoms with Crippen LogP contribution in [0.3, 0.4) is 0 Å². The second-order valence-corrected chi connectivity index (χ2v) is 7.73. The Bertz CT molecular complexity index is 764. The highest BCUT2D eigenvalue weighted by Gasteiger charge is 2.29. The molecule has 1 saturated heterocycles. The number of amides is 2. The molecule has 1 N–H and O–H groups in total. The van der Waals surface area contributed by atoms with Crippen molar-refractivity contribution in [3.8, 4) is 0 Å². The number of carbonyl (C=O) groups excluding carboxylic acids is 2. The molecule has 1 aromatic carbocycles. The van der Waals surface area contributed by atoms with Crippen molar-refractivity contribution < 1.29 is 9.59 Å². The number of hydrogen-bond donors (Lipinski definition) is 1. The van der Waals surface area contributed by atoms with E-state index in [2.05, 4.69) is 22.4 Å². The van der Waals surface area contributed by atoms with Gasteiger partial charge in [-0.3, -0.25) is 14.6 Å². The van der Waals surface area contributed by atoms with E-state index in [1.807, 2.05) is 47.5 Å². The Balaban J connectivity index is 1.34. The first-order chi connectivity index (χ1) is 14.2. The van der Waals surface area contributed by atoms with Crippen molar-refractivity contribution in [3.05, 3.63) is 66.0 Å². The zero-order valence-corrected chi connectivity index (χ0v) is 17.1. The SMILES string of the molecule is O=C(NCCCCc1ccccn1)[C@@H]1CCC(=O)N(CCCc2ccccc2)C1. The lowest BCUT2D eigenvalue weighted by Gasteiger charge is -2.32. The zero-order valence-electron chi connectivity index (χ0n) is 17.1. The Morgan fingerprint density at radius 1 is 1.03 bits per heavy atom. The van der Waals surface area contributed by atoms with E-state index in [1.54, 1.807) is 0 Å². The molecule has 2 heterocycles. The average Bonchev–Trinajstić information content (AvgIpc) is 2.76. The number of aryl methyl sites for hydroxylation is 2. The Morgan fingerprint density at radius 2 is 1.86 bits per heavy atom. The van der Waals surface area contributed by atoms with Crippen LogP contribution in [-0.4, -0.2) is 41.3 Å². The van der Waals surface area contributed by atoms with Gasteiger partial charge >= 0.3 is 0 Å². The lowest BCUT2D eigenvalue weighted by atomic mass is 9.96. The molecular formula is C24H31N3O2. The minimum atomic E-state index is -0.0831. The highest BCUT2D eigenvalue weighted by molar-refractivity contribution is 5.83. The normalized spacial score (nSPS) is 16.6. The quantitative estimate of drug-likeness (QED) is 0.630. The molecule has 1 aliphatic heterocycles. The summed E-state index contributed by atoms with van der Waals surface area (Å²) in [6.45, 7) is 1.96. The Hall–Kier alpha value is -2.69. The van der Waals surface area contributed by atoms with Crippen LogP contribution in [0.15, 0.2) is 54.7 Å². The van der Waals surface area contributed by atoms with Gasteiger partial charge in [0, 0.05) is 37.9 Å². The number of piperidine rings is 1. The highest BCUT2D eigenvalue weighted by atomic mass is 16.2. The van der Waals surface area contributed by atoms with Gasteiger partial charge in [-0.25, -0.2) is 0 Å². The van der Waals surface area contributed by atoms with Crippen LogP contribution in [0.1, 0.15) is 43.4 Å². The summed E-state index contributed by atoms with van der Waals surface area (Å²) < 4.78 is 0. The lowest BCUT2D eigenvalue weighted by Crippen LogP contribution is -2.46. The summed E-state index contributed by atoms with van der Waals surface area (Å²) in [5.41, 5.74) is 2.38. The van der Waals surface area contributed by atoms with Crippen molar-refractivity contribution >= 4 is 11.8 Å². The largest absolute Gasteiger partial charge is 0.356 e. The standard InChI is InChI=1S/C24H31N3O2/c28-23-15-14-21(19-27(23)18-8-11-20-9-2-1-3-10-20)24(29)26-17-7-5-13-22-12-4-6-16-25-22/h1-4,6,9-10,12,16,21H,5,7-8,11,13-15,17-19H2,(H,26,29)/t21-/m1/s1. The van der Waals surface area contributed by atoms with Gasteiger partial charge in [-0.1, -0.05) is 36.4 Å². The molecule has 3 rings (SSSR count). The molecule has 0 unspecified atom stereocenters. The van der Waals surface area contributed by atoms with Crippen molar-refractivity contribution in [2.45, 2.75) is 44.9 Å². The van der Waals surface area contributed by atoms with Gasteiger partial charge in [0.1, 0.15) is 0 Å². The van der Waals surface area contributed by atoms with E-state index in [-0.39, 0.29) is 17.7 Å². The molecule has 5 heteroatoms. The van der Waals surface area contributed by atoms with E-state index >= 15 is 0 Å². The number of benzene rings is 1. The van der Waals surface area contributed by atoms with Gasteiger partial charge < -0.3 is 10.2 Å². The summed E-state index contributed by atoms with van der Waals surface area (Å²) in [6.07, 6.45) is 7.71. The van der Waals surface area contributed by atoms with Gasteiger partial charge in [0.05, 0.1) is 5.92 Å². The monoisotopic (exact) mass is 393 g/mol. The topological polar surface area (TPSA) is 62.3 Å². The number of hydrogen-bond acceptors (Lipinski definition) is 3. The Morgan fingerprint density at radius 3 is 2.66 bits per heavy atom. The minimum Gasteiger partial charge on any atom is -0.356 e. The summed E-state index contributed by atoms with van der Waals surface area (Å²) in [7, 11) is 0. The number of rotatable bonds is 10. The summed E-state index contributed by atoms with van der Waals surface area (Å²) in [6, 6.07) is 16.3. The van der Waals surface area contributed by atoms with E-state index < -0.39 is 0 Å². The fraction of sp³-hybridized carbons (Fsp3) is 0.458. The molecule has 0 saturated carbocycles. The first-order valence-corrected chi connectivity index (χ1v) is 10.7.